The van der Waals surface area contributed by atoms with Crippen molar-refractivity contribution < 1.29 is 9.18 Å². The summed E-state index contributed by atoms with van der Waals surface area (Å²) in [7, 11) is 0. The number of benzene rings is 1. The van der Waals surface area contributed by atoms with Gasteiger partial charge in [-0.1, -0.05) is 26.0 Å². The number of pyridine rings is 1. The van der Waals surface area contributed by atoms with Crippen molar-refractivity contribution in [1.29, 1.82) is 0 Å². The van der Waals surface area contributed by atoms with Crippen LogP contribution >= 0.6 is 0 Å². The maximum Gasteiger partial charge on any atom is 0.257 e. The lowest BCUT2D eigenvalue weighted by atomic mass is 10.2. The molecule has 0 bridgehead atoms. The van der Waals surface area contributed by atoms with Gasteiger partial charge in [-0.15, -0.1) is 0 Å². The van der Waals surface area contributed by atoms with Gasteiger partial charge >= 0.3 is 0 Å². The third-order valence-electron chi connectivity index (χ3n) is 3.44. The van der Waals surface area contributed by atoms with Crippen molar-refractivity contribution in [2.45, 2.75) is 26.7 Å². The molecule has 2 aromatic rings. The number of nitrogens with one attached hydrogen (secondary N) is 1. The van der Waals surface area contributed by atoms with Crippen molar-refractivity contribution >= 4 is 17.4 Å². The van der Waals surface area contributed by atoms with E-state index >= 15 is 0 Å². The summed E-state index contributed by atoms with van der Waals surface area (Å²) >= 11 is 0. The molecule has 1 aromatic heterocycles. The zero-order chi connectivity index (χ0) is 16.7. The first-order valence-corrected chi connectivity index (χ1v) is 7.92. The molecule has 0 saturated carbocycles. The molecular formula is C18H22FN3O. The van der Waals surface area contributed by atoms with Gasteiger partial charge in [0.2, 0.25) is 0 Å². The molecule has 0 atom stereocenters. The molecule has 0 unspecified atom stereocenters. The van der Waals surface area contributed by atoms with E-state index in [9.17, 15) is 9.18 Å². The fourth-order valence-corrected chi connectivity index (χ4v) is 2.35. The third-order valence-corrected chi connectivity index (χ3v) is 3.44. The summed E-state index contributed by atoms with van der Waals surface area (Å²) in [6, 6.07) is 9.65. The summed E-state index contributed by atoms with van der Waals surface area (Å²) in [5, 5.41) is 2.56. The van der Waals surface area contributed by atoms with Gasteiger partial charge in [0.25, 0.3) is 5.91 Å². The van der Waals surface area contributed by atoms with Gasteiger partial charge < -0.3 is 10.2 Å². The normalized spacial score (nSPS) is 10.4. The van der Waals surface area contributed by atoms with E-state index in [1.807, 2.05) is 6.07 Å². The largest absolute Gasteiger partial charge is 0.357 e. The maximum atomic E-state index is 13.6. The van der Waals surface area contributed by atoms with Crippen LogP contribution in [0.15, 0.2) is 42.6 Å². The predicted octanol–water partition coefficient (Wildman–Crippen LogP) is 4.10. The van der Waals surface area contributed by atoms with Crippen molar-refractivity contribution in [3.8, 4) is 0 Å². The SMILES string of the molecule is CCCN(CCC)c1ccc(C(=O)Nc2ccccc2F)cn1. The van der Waals surface area contributed by atoms with Crippen LogP contribution < -0.4 is 10.2 Å². The van der Waals surface area contributed by atoms with E-state index in [0.29, 0.717) is 5.56 Å². The molecule has 122 valence electrons. The minimum Gasteiger partial charge on any atom is -0.357 e. The van der Waals surface area contributed by atoms with Gasteiger partial charge in [0.15, 0.2) is 0 Å². The molecule has 0 saturated heterocycles. The van der Waals surface area contributed by atoms with Gasteiger partial charge in [0.1, 0.15) is 11.6 Å². The molecule has 0 fully saturated rings. The fourth-order valence-electron chi connectivity index (χ4n) is 2.35. The highest BCUT2D eigenvalue weighted by Gasteiger charge is 2.11. The van der Waals surface area contributed by atoms with E-state index in [1.165, 1.54) is 18.3 Å². The highest BCUT2D eigenvalue weighted by molar-refractivity contribution is 6.04. The van der Waals surface area contributed by atoms with E-state index < -0.39 is 5.82 Å². The Kier molecular flexibility index (Phi) is 6.09. The summed E-state index contributed by atoms with van der Waals surface area (Å²) in [6.07, 6.45) is 3.61. The molecule has 1 N–H and O–H groups in total. The van der Waals surface area contributed by atoms with Crippen LogP contribution in [0.25, 0.3) is 0 Å². The Morgan fingerprint density at radius 3 is 2.39 bits per heavy atom. The van der Waals surface area contributed by atoms with Crippen LogP contribution in [0.5, 0.6) is 0 Å². The Morgan fingerprint density at radius 2 is 1.83 bits per heavy atom. The Labute approximate surface area is 136 Å². The highest BCUT2D eigenvalue weighted by Crippen LogP contribution is 2.16. The summed E-state index contributed by atoms with van der Waals surface area (Å²) < 4.78 is 13.6. The zero-order valence-corrected chi connectivity index (χ0v) is 13.6. The summed E-state index contributed by atoms with van der Waals surface area (Å²) in [6.45, 7) is 6.11. The van der Waals surface area contributed by atoms with E-state index in [4.69, 9.17) is 0 Å². The predicted molar refractivity (Wildman–Crippen MR) is 91.4 cm³/mol. The van der Waals surface area contributed by atoms with Crippen LogP contribution in [0.2, 0.25) is 0 Å². The molecule has 1 amide bonds. The molecule has 0 aliphatic carbocycles. The first-order valence-electron chi connectivity index (χ1n) is 7.92. The van der Waals surface area contributed by atoms with Crippen LogP contribution in [0.4, 0.5) is 15.9 Å². The Hall–Kier alpha value is -2.43. The Bertz CT molecular complexity index is 637. The Morgan fingerprint density at radius 1 is 1.13 bits per heavy atom. The first-order chi connectivity index (χ1) is 11.2. The summed E-state index contributed by atoms with van der Waals surface area (Å²) in [5.41, 5.74) is 0.574. The lowest BCUT2D eigenvalue weighted by molar-refractivity contribution is 0.102. The molecule has 0 spiro atoms. The number of amides is 1. The van der Waals surface area contributed by atoms with Crippen LogP contribution in [0, 0.1) is 5.82 Å². The number of anilines is 2. The minimum absolute atomic E-state index is 0.167. The van der Waals surface area contributed by atoms with Crippen molar-refractivity contribution in [3.05, 3.63) is 54.0 Å². The molecule has 4 nitrogen and oxygen atoms in total. The number of carbonyl (C=O) groups is 1. The van der Waals surface area contributed by atoms with Crippen LogP contribution in [0.3, 0.4) is 0 Å². The molecular weight excluding hydrogens is 293 g/mol. The minimum atomic E-state index is -0.456. The number of carbonyl (C=O) groups excluding carboxylic acids is 1. The second-order valence-electron chi connectivity index (χ2n) is 5.33. The van der Waals surface area contributed by atoms with E-state index in [2.05, 4.69) is 29.0 Å². The fraction of sp³-hybridized carbons (Fsp3) is 0.333. The van der Waals surface area contributed by atoms with Gasteiger partial charge in [0, 0.05) is 19.3 Å². The number of nitrogens with zero attached hydrogens (tertiary/aromatic N) is 2. The van der Waals surface area contributed by atoms with Crippen LogP contribution in [-0.4, -0.2) is 24.0 Å². The second kappa shape index (κ2) is 8.27. The van der Waals surface area contributed by atoms with Gasteiger partial charge in [-0.25, -0.2) is 9.37 Å². The molecule has 5 heteroatoms. The molecule has 1 aromatic carbocycles. The number of aromatic nitrogens is 1. The number of halogens is 1. The number of hydrogen-bond acceptors (Lipinski definition) is 3. The smallest absolute Gasteiger partial charge is 0.257 e. The molecule has 2 rings (SSSR count). The average Bonchev–Trinajstić information content (AvgIpc) is 2.57. The quantitative estimate of drug-likeness (QED) is 0.836. The number of rotatable bonds is 7. The lowest BCUT2D eigenvalue weighted by Gasteiger charge is -2.22. The van der Waals surface area contributed by atoms with Crippen molar-refractivity contribution in [2.75, 3.05) is 23.3 Å². The third kappa shape index (κ3) is 4.52. The van der Waals surface area contributed by atoms with Gasteiger partial charge in [-0.05, 0) is 37.1 Å². The summed E-state index contributed by atoms with van der Waals surface area (Å²) in [4.78, 5) is 18.7. The van der Waals surface area contributed by atoms with Crippen LogP contribution in [0.1, 0.15) is 37.0 Å². The van der Waals surface area contributed by atoms with Gasteiger partial charge in [-0.3, -0.25) is 4.79 Å². The topological polar surface area (TPSA) is 45.2 Å². The second-order valence-corrected chi connectivity index (χ2v) is 5.33. The number of para-hydroxylation sites is 1. The van der Waals surface area contributed by atoms with E-state index in [-0.39, 0.29) is 11.6 Å². The van der Waals surface area contributed by atoms with Crippen molar-refractivity contribution in [1.82, 2.24) is 4.98 Å². The summed E-state index contributed by atoms with van der Waals surface area (Å²) in [5.74, 6) is 0.0327. The molecule has 1 heterocycles. The standard InChI is InChI=1S/C18H22FN3O/c1-3-11-22(12-4-2)17-10-9-14(13-20-17)18(23)21-16-8-6-5-7-15(16)19/h5-10,13H,3-4,11-12H2,1-2H3,(H,21,23). The average molecular weight is 315 g/mol. The molecule has 0 aliphatic heterocycles. The van der Waals surface area contributed by atoms with Crippen LogP contribution in [-0.2, 0) is 0 Å². The molecule has 23 heavy (non-hydrogen) atoms. The van der Waals surface area contributed by atoms with E-state index in [1.54, 1.807) is 18.2 Å². The zero-order valence-electron chi connectivity index (χ0n) is 13.6. The van der Waals surface area contributed by atoms with E-state index in [0.717, 1.165) is 31.7 Å². The maximum absolute atomic E-state index is 13.6. The Balaban J connectivity index is 2.09. The number of hydrogen-bond donors (Lipinski definition) is 1. The monoisotopic (exact) mass is 315 g/mol. The van der Waals surface area contributed by atoms with Gasteiger partial charge in [-0.2, -0.15) is 0 Å². The van der Waals surface area contributed by atoms with Crippen molar-refractivity contribution in [3.63, 3.8) is 0 Å². The highest BCUT2D eigenvalue weighted by atomic mass is 19.1. The van der Waals surface area contributed by atoms with Crippen molar-refractivity contribution in [2.24, 2.45) is 0 Å². The molecule has 0 radical (unpaired) electrons. The first kappa shape index (κ1) is 16.9. The molecule has 0 aliphatic rings. The van der Waals surface area contributed by atoms with Gasteiger partial charge in [0.05, 0.1) is 11.3 Å². The lowest BCUT2D eigenvalue weighted by Crippen LogP contribution is -2.26.